The fourth-order valence-electron chi connectivity index (χ4n) is 3.38. The molecule has 30 heavy (non-hydrogen) atoms. The van der Waals surface area contributed by atoms with Gasteiger partial charge in [-0.2, -0.15) is 0 Å². The predicted molar refractivity (Wildman–Crippen MR) is 124 cm³/mol. The number of methoxy groups -OCH3 is 1. The van der Waals surface area contributed by atoms with E-state index in [1.165, 1.54) is 11.4 Å². The Hall–Kier alpha value is -2.52. The highest BCUT2D eigenvalue weighted by Crippen LogP contribution is 2.41. The van der Waals surface area contributed by atoms with Crippen LogP contribution in [0.25, 0.3) is 0 Å². The topological polar surface area (TPSA) is 79.9 Å². The molecule has 1 unspecified atom stereocenters. The van der Waals surface area contributed by atoms with Crippen molar-refractivity contribution in [1.29, 1.82) is 0 Å². The third-order valence-corrected chi connectivity index (χ3v) is 6.37. The van der Waals surface area contributed by atoms with Gasteiger partial charge >= 0.3 is 0 Å². The molecule has 0 radical (unpaired) electrons. The maximum absolute atomic E-state index is 11.8. The van der Waals surface area contributed by atoms with E-state index in [9.17, 15) is 8.42 Å². The summed E-state index contributed by atoms with van der Waals surface area (Å²) < 4.78 is 36.3. The zero-order valence-electron chi connectivity index (χ0n) is 17.7. The number of nitrogens with one attached hydrogen (secondary N) is 2. The number of thiocarbonyl (C=S) groups is 1. The monoisotopic (exact) mass is 449 g/mol. The number of anilines is 2. The lowest BCUT2D eigenvalue weighted by molar-refractivity contribution is 0.0695. The van der Waals surface area contributed by atoms with Gasteiger partial charge in [-0.05, 0) is 62.5 Å². The van der Waals surface area contributed by atoms with Crippen molar-refractivity contribution < 1.29 is 17.9 Å². The van der Waals surface area contributed by atoms with Crippen LogP contribution in [0.3, 0.4) is 0 Å². The average molecular weight is 450 g/mol. The standard InChI is InChI=1S/C21H27N3O4S2/c1-21(2)13-18(17-12-16(27-4)9-10-19(17)28-21)23-20(29)22-14-7-6-8-15(11-14)24(3)30(5,25)26/h6-12,18H,13H2,1-5H3,(H2,22,23,29). The molecule has 0 saturated heterocycles. The van der Waals surface area contributed by atoms with Crippen LogP contribution in [0.5, 0.6) is 11.5 Å². The molecule has 0 spiro atoms. The van der Waals surface area contributed by atoms with Gasteiger partial charge in [-0.15, -0.1) is 0 Å². The highest BCUT2D eigenvalue weighted by atomic mass is 32.2. The lowest BCUT2D eigenvalue weighted by Crippen LogP contribution is -2.42. The number of ether oxygens (including phenoxy) is 2. The van der Waals surface area contributed by atoms with Crippen LogP contribution in [-0.2, 0) is 10.0 Å². The van der Waals surface area contributed by atoms with Crippen molar-refractivity contribution >= 4 is 38.7 Å². The van der Waals surface area contributed by atoms with Gasteiger partial charge in [0.2, 0.25) is 10.0 Å². The summed E-state index contributed by atoms with van der Waals surface area (Å²) in [6.45, 7) is 4.08. The SMILES string of the molecule is COc1ccc2c(c1)C(NC(=S)Nc1cccc(N(C)S(C)(=O)=O)c1)CC(C)(C)O2. The Morgan fingerprint density at radius 1 is 1.27 bits per heavy atom. The fraction of sp³-hybridized carbons (Fsp3) is 0.381. The van der Waals surface area contributed by atoms with Gasteiger partial charge in [0.05, 0.1) is 25.1 Å². The summed E-state index contributed by atoms with van der Waals surface area (Å²) in [6, 6.07) is 12.7. The van der Waals surface area contributed by atoms with E-state index in [0.717, 1.165) is 23.3 Å². The molecule has 0 bridgehead atoms. The molecule has 0 aliphatic carbocycles. The molecule has 0 amide bonds. The van der Waals surface area contributed by atoms with Crippen molar-refractivity contribution in [3.05, 3.63) is 48.0 Å². The van der Waals surface area contributed by atoms with Crippen LogP contribution in [0.2, 0.25) is 0 Å². The molecule has 3 rings (SSSR count). The highest BCUT2D eigenvalue weighted by Gasteiger charge is 2.34. The van der Waals surface area contributed by atoms with E-state index < -0.39 is 10.0 Å². The number of sulfonamides is 1. The number of hydrogen-bond donors (Lipinski definition) is 2. The van der Waals surface area contributed by atoms with E-state index in [0.29, 0.717) is 22.9 Å². The largest absolute Gasteiger partial charge is 0.497 e. The number of nitrogens with zero attached hydrogens (tertiary/aromatic N) is 1. The first-order valence-electron chi connectivity index (χ1n) is 9.47. The van der Waals surface area contributed by atoms with Gasteiger partial charge in [-0.3, -0.25) is 4.31 Å². The van der Waals surface area contributed by atoms with Crippen molar-refractivity contribution in [1.82, 2.24) is 5.32 Å². The summed E-state index contributed by atoms with van der Waals surface area (Å²) in [5.74, 6) is 1.54. The Bertz CT molecular complexity index is 1050. The minimum atomic E-state index is -3.35. The first kappa shape index (κ1) is 22.2. The van der Waals surface area contributed by atoms with E-state index in [-0.39, 0.29) is 11.6 Å². The van der Waals surface area contributed by atoms with Crippen LogP contribution in [0, 0.1) is 0 Å². The van der Waals surface area contributed by atoms with Crippen LogP contribution >= 0.6 is 12.2 Å². The lowest BCUT2D eigenvalue weighted by Gasteiger charge is -2.38. The van der Waals surface area contributed by atoms with Gasteiger partial charge in [0, 0.05) is 24.7 Å². The third kappa shape index (κ3) is 5.14. The molecule has 2 N–H and O–H groups in total. The van der Waals surface area contributed by atoms with Crippen LogP contribution in [0.1, 0.15) is 31.9 Å². The Morgan fingerprint density at radius 2 is 2.00 bits per heavy atom. The maximum Gasteiger partial charge on any atom is 0.231 e. The van der Waals surface area contributed by atoms with E-state index >= 15 is 0 Å². The molecule has 2 aromatic carbocycles. The van der Waals surface area contributed by atoms with Crippen LogP contribution < -0.4 is 24.4 Å². The van der Waals surface area contributed by atoms with Gasteiger partial charge in [-0.1, -0.05) is 6.07 Å². The van der Waals surface area contributed by atoms with E-state index in [1.54, 1.807) is 25.3 Å². The Kier molecular flexibility index (Phi) is 6.14. The molecular weight excluding hydrogens is 422 g/mol. The van der Waals surface area contributed by atoms with Crippen molar-refractivity contribution in [2.75, 3.05) is 30.0 Å². The maximum atomic E-state index is 11.8. The highest BCUT2D eigenvalue weighted by molar-refractivity contribution is 7.92. The van der Waals surface area contributed by atoms with Gasteiger partial charge in [0.1, 0.15) is 17.1 Å². The second-order valence-electron chi connectivity index (χ2n) is 7.90. The first-order chi connectivity index (χ1) is 14.0. The molecule has 1 heterocycles. The van der Waals surface area contributed by atoms with Crippen LogP contribution in [0.4, 0.5) is 11.4 Å². The summed E-state index contributed by atoms with van der Waals surface area (Å²) in [6.07, 6.45) is 1.88. The van der Waals surface area contributed by atoms with E-state index in [2.05, 4.69) is 10.6 Å². The fourth-order valence-corrected chi connectivity index (χ4v) is 4.14. The van der Waals surface area contributed by atoms with Crippen molar-refractivity contribution in [2.45, 2.75) is 31.9 Å². The van der Waals surface area contributed by atoms with Gasteiger partial charge < -0.3 is 20.1 Å². The van der Waals surface area contributed by atoms with Crippen LogP contribution in [-0.4, -0.2) is 39.5 Å². The molecule has 0 fully saturated rings. The van der Waals surface area contributed by atoms with E-state index in [4.69, 9.17) is 21.7 Å². The van der Waals surface area contributed by atoms with Crippen molar-refractivity contribution in [3.63, 3.8) is 0 Å². The molecule has 0 aromatic heterocycles. The summed E-state index contributed by atoms with van der Waals surface area (Å²) >= 11 is 5.54. The molecular formula is C21H27N3O4S2. The molecule has 9 heteroatoms. The minimum absolute atomic E-state index is 0.0688. The quantitative estimate of drug-likeness (QED) is 0.674. The summed E-state index contributed by atoms with van der Waals surface area (Å²) in [5, 5.41) is 6.95. The Labute approximate surface area is 183 Å². The lowest BCUT2D eigenvalue weighted by atomic mass is 9.89. The normalized spacial score (nSPS) is 17.3. The zero-order valence-corrected chi connectivity index (χ0v) is 19.4. The molecule has 7 nitrogen and oxygen atoms in total. The number of rotatable bonds is 5. The second-order valence-corrected chi connectivity index (χ2v) is 10.3. The first-order valence-corrected chi connectivity index (χ1v) is 11.7. The summed E-state index contributed by atoms with van der Waals surface area (Å²) in [5.41, 5.74) is 1.86. The van der Waals surface area contributed by atoms with Gasteiger partial charge in [0.15, 0.2) is 5.11 Å². The molecule has 1 aliphatic heterocycles. The van der Waals surface area contributed by atoms with E-state index in [1.807, 2.05) is 38.1 Å². The van der Waals surface area contributed by atoms with Gasteiger partial charge in [-0.25, -0.2) is 8.42 Å². The third-order valence-electron chi connectivity index (χ3n) is 4.94. The minimum Gasteiger partial charge on any atom is -0.497 e. The Balaban J connectivity index is 1.78. The molecule has 1 atom stereocenters. The van der Waals surface area contributed by atoms with Crippen molar-refractivity contribution in [3.8, 4) is 11.5 Å². The summed E-state index contributed by atoms with van der Waals surface area (Å²) in [4.78, 5) is 0. The summed E-state index contributed by atoms with van der Waals surface area (Å²) in [7, 11) is -0.203. The average Bonchev–Trinajstić information content (AvgIpc) is 2.65. The Morgan fingerprint density at radius 3 is 2.67 bits per heavy atom. The zero-order chi connectivity index (χ0) is 22.1. The number of hydrogen-bond acceptors (Lipinski definition) is 5. The molecule has 0 saturated carbocycles. The molecule has 2 aromatic rings. The number of benzene rings is 2. The molecule has 1 aliphatic rings. The predicted octanol–water partition coefficient (Wildman–Crippen LogP) is 3.68. The number of fused-ring (bicyclic) bond motifs is 1. The smallest absolute Gasteiger partial charge is 0.231 e. The molecule has 162 valence electrons. The van der Waals surface area contributed by atoms with Crippen molar-refractivity contribution in [2.24, 2.45) is 0 Å². The van der Waals surface area contributed by atoms with Gasteiger partial charge in [0.25, 0.3) is 0 Å². The van der Waals surface area contributed by atoms with Crippen LogP contribution in [0.15, 0.2) is 42.5 Å². The second kappa shape index (κ2) is 8.31.